The lowest BCUT2D eigenvalue weighted by molar-refractivity contribution is 0.867. The predicted octanol–water partition coefficient (Wildman–Crippen LogP) is 3.48. The van der Waals surface area contributed by atoms with E-state index in [1.807, 2.05) is 11.3 Å². The van der Waals surface area contributed by atoms with E-state index in [0.717, 1.165) is 0 Å². The molecule has 0 aromatic carbocycles. The zero-order valence-electron chi connectivity index (χ0n) is 5.52. The average Bonchev–Trinajstić information content (AvgIpc) is 2.13. The summed E-state index contributed by atoms with van der Waals surface area (Å²) in [5, 5.41) is 2.15. The van der Waals surface area contributed by atoms with E-state index in [0.29, 0.717) is 5.92 Å². The van der Waals surface area contributed by atoms with Crippen molar-refractivity contribution in [2.24, 2.45) is 0 Å². The summed E-state index contributed by atoms with van der Waals surface area (Å²) in [6.07, 6.45) is 0. The third-order valence-electron chi connectivity index (χ3n) is 1.27. The molecule has 1 aromatic heterocycles. The summed E-state index contributed by atoms with van der Waals surface area (Å²) in [6.45, 7) is 4.45. The van der Waals surface area contributed by atoms with Crippen molar-refractivity contribution in [3.8, 4) is 0 Å². The molecule has 0 spiro atoms. The fraction of sp³-hybridized carbons (Fsp3) is 0.429. The van der Waals surface area contributed by atoms with E-state index in [1.54, 1.807) is 0 Å². The Bertz CT molecular complexity index is 191. The normalized spacial score (nSPS) is 10.7. The maximum atomic E-state index is 2.39. The number of hydrogen-bond acceptors (Lipinski definition) is 1. The molecule has 2 heteroatoms. The fourth-order valence-electron chi connectivity index (χ4n) is 0.720. The van der Waals surface area contributed by atoms with Gasteiger partial charge < -0.3 is 0 Å². The van der Waals surface area contributed by atoms with Crippen molar-refractivity contribution < 1.29 is 0 Å². The van der Waals surface area contributed by atoms with Gasteiger partial charge in [0, 0.05) is 0 Å². The molecule has 0 amide bonds. The van der Waals surface area contributed by atoms with Gasteiger partial charge in [-0.1, -0.05) is 13.8 Å². The summed E-state index contributed by atoms with van der Waals surface area (Å²) in [4.78, 5) is 0. The topological polar surface area (TPSA) is 0 Å². The van der Waals surface area contributed by atoms with Gasteiger partial charge in [-0.25, -0.2) is 0 Å². The molecular weight excluding hydrogens is 243 g/mol. The van der Waals surface area contributed by atoms with Crippen LogP contribution < -0.4 is 0 Å². The van der Waals surface area contributed by atoms with Gasteiger partial charge in [0.2, 0.25) is 0 Å². The maximum Gasteiger partial charge on any atom is 0.0687 e. The minimum absolute atomic E-state index is 0.683. The summed E-state index contributed by atoms with van der Waals surface area (Å²) in [7, 11) is 0. The standard InChI is InChI=1S/C7H9IS/c1-5(2)6-3-4-9-7(6)8/h3-5H,1-2H3. The zero-order valence-corrected chi connectivity index (χ0v) is 8.49. The predicted molar refractivity (Wildman–Crippen MR) is 51.1 cm³/mol. The van der Waals surface area contributed by atoms with Gasteiger partial charge in [-0.15, -0.1) is 11.3 Å². The molecule has 0 radical (unpaired) electrons. The van der Waals surface area contributed by atoms with Gasteiger partial charge >= 0.3 is 0 Å². The molecule has 0 aliphatic carbocycles. The van der Waals surface area contributed by atoms with Crippen molar-refractivity contribution >= 4 is 33.9 Å². The van der Waals surface area contributed by atoms with E-state index in [-0.39, 0.29) is 0 Å². The molecule has 0 saturated carbocycles. The van der Waals surface area contributed by atoms with Crippen LogP contribution in [-0.4, -0.2) is 0 Å². The third-order valence-corrected chi connectivity index (χ3v) is 3.37. The molecule has 0 aliphatic rings. The van der Waals surface area contributed by atoms with Gasteiger partial charge in [0.15, 0.2) is 0 Å². The molecular formula is C7H9IS. The number of hydrogen-bond donors (Lipinski definition) is 0. The number of rotatable bonds is 1. The highest BCUT2D eigenvalue weighted by Crippen LogP contribution is 2.25. The van der Waals surface area contributed by atoms with E-state index in [4.69, 9.17) is 0 Å². The molecule has 0 unspecified atom stereocenters. The second-order valence-electron chi connectivity index (χ2n) is 2.30. The van der Waals surface area contributed by atoms with Crippen LogP contribution >= 0.6 is 33.9 Å². The minimum atomic E-state index is 0.683. The molecule has 0 bridgehead atoms. The lowest BCUT2D eigenvalue weighted by atomic mass is 10.1. The Labute approximate surface area is 73.4 Å². The number of halogens is 1. The molecule has 9 heavy (non-hydrogen) atoms. The van der Waals surface area contributed by atoms with E-state index in [1.165, 1.54) is 8.45 Å². The van der Waals surface area contributed by atoms with Crippen molar-refractivity contribution in [3.05, 3.63) is 19.9 Å². The van der Waals surface area contributed by atoms with Crippen molar-refractivity contribution in [1.29, 1.82) is 0 Å². The van der Waals surface area contributed by atoms with Crippen molar-refractivity contribution in [3.63, 3.8) is 0 Å². The third kappa shape index (κ3) is 1.67. The van der Waals surface area contributed by atoms with E-state index >= 15 is 0 Å². The Morgan fingerprint density at radius 3 is 2.44 bits per heavy atom. The monoisotopic (exact) mass is 252 g/mol. The summed E-state index contributed by atoms with van der Waals surface area (Å²) in [6, 6.07) is 2.21. The Kier molecular flexibility index (Phi) is 2.52. The van der Waals surface area contributed by atoms with Gasteiger partial charge in [-0.05, 0) is 45.5 Å². The van der Waals surface area contributed by atoms with Gasteiger partial charge in [-0.3, -0.25) is 0 Å². The first-order chi connectivity index (χ1) is 4.22. The second-order valence-corrected chi connectivity index (χ2v) is 5.03. The quantitative estimate of drug-likeness (QED) is 0.671. The van der Waals surface area contributed by atoms with Crippen LogP contribution in [0.25, 0.3) is 0 Å². The van der Waals surface area contributed by atoms with Crippen LogP contribution in [0.15, 0.2) is 11.4 Å². The summed E-state index contributed by atoms with van der Waals surface area (Å²) in [5.74, 6) is 0.683. The SMILES string of the molecule is CC(C)c1ccsc1I. The molecule has 0 atom stereocenters. The van der Waals surface area contributed by atoms with Gasteiger partial charge in [0.1, 0.15) is 0 Å². The summed E-state index contributed by atoms with van der Waals surface area (Å²) < 4.78 is 1.43. The van der Waals surface area contributed by atoms with Crippen LogP contribution in [0.3, 0.4) is 0 Å². The van der Waals surface area contributed by atoms with Crippen molar-refractivity contribution in [1.82, 2.24) is 0 Å². The molecule has 50 valence electrons. The molecule has 1 heterocycles. The molecule has 0 nitrogen and oxygen atoms in total. The van der Waals surface area contributed by atoms with E-state index in [9.17, 15) is 0 Å². The fourth-order valence-corrected chi connectivity index (χ4v) is 2.74. The van der Waals surface area contributed by atoms with Crippen LogP contribution in [0.5, 0.6) is 0 Å². The average molecular weight is 252 g/mol. The van der Waals surface area contributed by atoms with Crippen molar-refractivity contribution in [2.75, 3.05) is 0 Å². The first-order valence-corrected chi connectivity index (χ1v) is 4.90. The first kappa shape index (κ1) is 7.54. The van der Waals surface area contributed by atoms with Crippen molar-refractivity contribution in [2.45, 2.75) is 19.8 Å². The van der Waals surface area contributed by atoms with E-state index < -0.39 is 0 Å². The lowest BCUT2D eigenvalue weighted by Gasteiger charge is -1.99. The van der Waals surface area contributed by atoms with Crippen LogP contribution in [-0.2, 0) is 0 Å². The number of thiophene rings is 1. The largest absolute Gasteiger partial charge is 0.137 e. The molecule has 0 aliphatic heterocycles. The zero-order chi connectivity index (χ0) is 6.85. The first-order valence-electron chi connectivity index (χ1n) is 2.94. The smallest absolute Gasteiger partial charge is 0.0687 e. The Morgan fingerprint density at radius 1 is 1.56 bits per heavy atom. The second kappa shape index (κ2) is 3.01. The highest BCUT2D eigenvalue weighted by Gasteiger charge is 2.03. The highest BCUT2D eigenvalue weighted by atomic mass is 127. The molecule has 1 aromatic rings. The van der Waals surface area contributed by atoms with Gasteiger partial charge in [0.05, 0.1) is 2.88 Å². The van der Waals surface area contributed by atoms with Gasteiger partial charge in [-0.2, -0.15) is 0 Å². The lowest BCUT2D eigenvalue weighted by Crippen LogP contribution is -1.83. The van der Waals surface area contributed by atoms with Crippen LogP contribution in [0, 0.1) is 2.88 Å². The van der Waals surface area contributed by atoms with Crippen LogP contribution in [0.2, 0.25) is 0 Å². The highest BCUT2D eigenvalue weighted by molar-refractivity contribution is 14.1. The summed E-state index contributed by atoms with van der Waals surface area (Å²) >= 11 is 4.21. The molecule has 0 N–H and O–H groups in total. The maximum absolute atomic E-state index is 2.39. The molecule has 0 saturated heterocycles. The van der Waals surface area contributed by atoms with Gasteiger partial charge in [0.25, 0.3) is 0 Å². The molecule has 0 fully saturated rings. The molecule has 1 rings (SSSR count). The Morgan fingerprint density at radius 2 is 2.22 bits per heavy atom. The Balaban J connectivity index is 2.94. The van der Waals surface area contributed by atoms with Crippen LogP contribution in [0.4, 0.5) is 0 Å². The summed E-state index contributed by atoms with van der Waals surface area (Å²) in [5.41, 5.74) is 1.49. The van der Waals surface area contributed by atoms with E-state index in [2.05, 4.69) is 47.9 Å². The van der Waals surface area contributed by atoms with Crippen LogP contribution in [0.1, 0.15) is 25.3 Å². The minimum Gasteiger partial charge on any atom is -0.137 e. The Hall–Kier alpha value is 0.430.